The van der Waals surface area contributed by atoms with E-state index in [0.29, 0.717) is 0 Å². The lowest BCUT2D eigenvalue weighted by Gasteiger charge is -2.34. The Labute approximate surface area is 160 Å². The molecule has 1 aliphatic heterocycles. The summed E-state index contributed by atoms with van der Waals surface area (Å²) in [5, 5.41) is 2.61. The third-order valence-corrected chi connectivity index (χ3v) is 5.18. The van der Waals surface area contributed by atoms with Gasteiger partial charge in [-0.25, -0.2) is 0 Å². The van der Waals surface area contributed by atoms with Crippen molar-refractivity contribution in [2.45, 2.75) is 6.54 Å². The number of benzene rings is 3. The fraction of sp³-hybridized carbons (Fsp3) is 0.208. The lowest BCUT2D eigenvalue weighted by atomic mass is 10.0. The summed E-state index contributed by atoms with van der Waals surface area (Å²) in [4.78, 5) is 16.8. The zero-order chi connectivity index (χ0) is 18.5. The summed E-state index contributed by atoms with van der Waals surface area (Å²) in [5.74, 6) is 0.101. The molecule has 1 saturated heterocycles. The lowest BCUT2D eigenvalue weighted by molar-refractivity contribution is -0.127. The lowest BCUT2D eigenvalue weighted by Crippen LogP contribution is -2.47. The number of rotatable bonds is 4. The number of carbonyl (C=O) groups excluding carboxylic acids is 1. The second-order valence-corrected chi connectivity index (χ2v) is 6.98. The molecule has 0 N–H and O–H groups in total. The van der Waals surface area contributed by atoms with Crippen LogP contribution in [-0.4, -0.2) is 41.9 Å². The predicted octanol–water partition coefficient (Wildman–Crippen LogP) is 4.20. The summed E-state index contributed by atoms with van der Waals surface area (Å²) in [6.07, 6.45) is 3.58. The van der Waals surface area contributed by atoms with Gasteiger partial charge < -0.3 is 4.90 Å². The van der Waals surface area contributed by atoms with Crippen LogP contribution in [-0.2, 0) is 11.3 Å². The molecule has 4 rings (SSSR count). The first-order valence-corrected chi connectivity index (χ1v) is 9.51. The quantitative estimate of drug-likeness (QED) is 0.654. The van der Waals surface area contributed by atoms with E-state index in [1.165, 1.54) is 16.3 Å². The molecule has 0 spiro atoms. The zero-order valence-corrected chi connectivity index (χ0v) is 15.4. The first-order chi connectivity index (χ1) is 13.3. The molecule has 1 amide bonds. The summed E-state index contributed by atoms with van der Waals surface area (Å²) >= 11 is 0. The zero-order valence-electron chi connectivity index (χ0n) is 15.4. The minimum Gasteiger partial charge on any atom is -0.337 e. The number of hydrogen-bond donors (Lipinski definition) is 0. The van der Waals surface area contributed by atoms with Gasteiger partial charge in [-0.05, 0) is 28.0 Å². The first kappa shape index (κ1) is 17.5. The van der Waals surface area contributed by atoms with Crippen LogP contribution in [0.5, 0.6) is 0 Å². The van der Waals surface area contributed by atoms with Crippen molar-refractivity contribution < 1.29 is 4.79 Å². The Balaban J connectivity index is 1.35. The van der Waals surface area contributed by atoms with Gasteiger partial charge >= 0.3 is 0 Å². The van der Waals surface area contributed by atoms with Crippen molar-refractivity contribution in [2.75, 3.05) is 26.2 Å². The molecule has 1 heterocycles. The molecule has 0 aliphatic carbocycles. The molecular formula is C24H24N2O. The van der Waals surface area contributed by atoms with Gasteiger partial charge in [-0.2, -0.15) is 0 Å². The molecule has 3 aromatic rings. The van der Waals surface area contributed by atoms with Gasteiger partial charge in [-0.15, -0.1) is 0 Å². The van der Waals surface area contributed by atoms with E-state index in [4.69, 9.17) is 0 Å². The number of hydrogen-bond acceptors (Lipinski definition) is 2. The molecule has 0 unspecified atom stereocenters. The van der Waals surface area contributed by atoms with Crippen LogP contribution in [0.2, 0.25) is 0 Å². The average Bonchev–Trinajstić information content (AvgIpc) is 2.74. The highest BCUT2D eigenvalue weighted by molar-refractivity contribution is 5.91. The summed E-state index contributed by atoms with van der Waals surface area (Å²) in [6, 6.07) is 25.0. The van der Waals surface area contributed by atoms with Gasteiger partial charge in [0.25, 0.3) is 0 Å². The monoisotopic (exact) mass is 356 g/mol. The van der Waals surface area contributed by atoms with Crippen LogP contribution in [0.25, 0.3) is 16.8 Å². The number of nitrogens with zero attached hydrogens (tertiary/aromatic N) is 2. The summed E-state index contributed by atoms with van der Waals surface area (Å²) in [6.45, 7) is 4.32. The van der Waals surface area contributed by atoms with Crippen molar-refractivity contribution in [1.82, 2.24) is 9.80 Å². The van der Waals surface area contributed by atoms with Crippen LogP contribution in [0.15, 0.2) is 78.9 Å². The maximum atomic E-state index is 12.4. The Morgan fingerprint density at radius 1 is 0.815 bits per heavy atom. The molecule has 27 heavy (non-hydrogen) atoms. The van der Waals surface area contributed by atoms with Crippen molar-refractivity contribution in [1.29, 1.82) is 0 Å². The first-order valence-electron chi connectivity index (χ1n) is 9.51. The minimum absolute atomic E-state index is 0.101. The summed E-state index contributed by atoms with van der Waals surface area (Å²) in [7, 11) is 0. The number of amides is 1. The van der Waals surface area contributed by atoms with Gasteiger partial charge in [0.15, 0.2) is 0 Å². The predicted molar refractivity (Wildman–Crippen MR) is 111 cm³/mol. The Morgan fingerprint density at radius 2 is 1.52 bits per heavy atom. The molecule has 0 saturated carbocycles. The number of fused-ring (bicyclic) bond motifs is 1. The van der Waals surface area contributed by atoms with Gasteiger partial charge in [0.1, 0.15) is 0 Å². The largest absolute Gasteiger partial charge is 0.337 e. The molecule has 3 aromatic carbocycles. The Bertz CT molecular complexity index is 936. The maximum absolute atomic E-state index is 12.4. The number of carbonyl (C=O) groups is 1. The molecule has 136 valence electrons. The van der Waals surface area contributed by atoms with E-state index in [2.05, 4.69) is 47.4 Å². The standard InChI is InChI=1S/C24H24N2O/c27-24(14-13-20-7-2-1-3-8-20)26-17-15-25(16-18-26)19-22-11-6-10-21-9-4-5-12-23(21)22/h1-14H,15-19H2. The van der Waals surface area contributed by atoms with Gasteiger partial charge in [-0.1, -0.05) is 72.8 Å². The van der Waals surface area contributed by atoms with E-state index < -0.39 is 0 Å². The van der Waals surface area contributed by atoms with Gasteiger partial charge in [0.05, 0.1) is 0 Å². The molecule has 0 aromatic heterocycles. The second-order valence-electron chi connectivity index (χ2n) is 6.98. The molecule has 0 atom stereocenters. The molecule has 3 heteroatoms. The van der Waals surface area contributed by atoms with E-state index in [-0.39, 0.29) is 5.91 Å². The molecule has 0 radical (unpaired) electrons. The van der Waals surface area contributed by atoms with E-state index in [1.807, 2.05) is 41.3 Å². The Kier molecular flexibility index (Phi) is 5.31. The highest BCUT2D eigenvalue weighted by Gasteiger charge is 2.20. The highest BCUT2D eigenvalue weighted by Crippen LogP contribution is 2.20. The summed E-state index contributed by atoms with van der Waals surface area (Å²) in [5.41, 5.74) is 2.41. The van der Waals surface area contributed by atoms with Crippen LogP contribution in [0.4, 0.5) is 0 Å². The van der Waals surface area contributed by atoms with Crippen LogP contribution < -0.4 is 0 Å². The molecule has 0 bridgehead atoms. The second kappa shape index (κ2) is 8.19. The molecule has 1 aliphatic rings. The molecule has 1 fully saturated rings. The highest BCUT2D eigenvalue weighted by atomic mass is 16.2. The van der Waals surface area contributed by atoms with Crippen molar-refractivity contribution in [3.8, 4) is 0 Å². The van der Waals surface area contributed by atoms with E-state index in [1.54, 1.807) is 6.08 Å². The van der Waals surface area contributed by atoms with Crippen molar-refractivity contribution in [2.24, 2.45) is 0 Å². The van der Waals surface area contributed by atoms with E-state index in [0.717, 1.165) is 38.3 Å². The van der Waals surface area contributed by atoms with Crippen LogP contribution in [0, 0.1) is 0 Å². The van der Waals surface area contributed by atoms with Crippen LogP contribution in [0.3, 0.4) is 0 Å². The normalized spacial score (nSPS) is 15.5. The Hall–Kier alpha value is -2.91. The average molecular weight is 356 g/mol. The SMILES string of the molecule is O=C(C=Cc1ccccc1)N1CCN(Cc2cccc3ccccc23)CC1. The third kappa shape index (κ3) is 4.26. The van der Waals surface area contributed by atoms with Crippen molar-refractivity contribution >= 4 is 22.8 Å². The van der Waals surface area contributed by atoms with Crippen molar-refractivity contribution in [3.63, 3.8) is 0 Å². The fourth-order valence-electron chi connectivity index (χ4n) is 3.63. The van der Waals surface area contributed by atoms with E-state index >= 15 is 0 Å². The third-order valence-electron chi connectivity index (χ3n) is 5.18. The van der Waals surface area contributed by atoms with Gasteiger partial charge in [-0.3, -0.25) is 9.69 Å². The summed E-state index contributed by atoms with van der Waals surface area (Å²) < 4.78 is 0. The van der Waals surface area contributed by atoms with Crippen LogP contribution in [0.1, 0.15) is 11.1 Å². The number of piperazine rings is 1. The van der Waals surface area contributed by atoms with Crippen molar-refractivity contribution in [3.05, 3.63) is 90.0 Å². The maximum Gasteiger partial charge on any atom is 0.246 e. The molecular weight excluding hydrogens is 332 g/mol. The topological polar surface area (TPSA) is 23.6 Å². The Morgan fingerprint density at radius 3 is 2.33 bits per heavy atom. The van der Waals surface area contributed by atoms with E-state index in [9.17, 15) is 4.79 Å². The smallest absolute Gasteiger partial charge is 0.246 e. The van der Waals surface area contributed by atoms with Gasteiger partial charge in [0, 0.05) is 38.8 Å². The van der Waals surface area contributed by atoms with Crippen LogP contribution >= 0.6 is 0 Å². The molecule has 3 nitrogen and oxygen atoms in total. The minimum atomic E-state index is 0.101. The fourth-order valence-corrected chi connectivity index (χ4v) is 3.63. The van der Waals surface area contributed by atoms with Gasteiger partial charge in [0.2, 0.25) is 5.91 Å².